The van der Waals surface area contributed by atoms with Gasteiger partial charge in [0, 0.05) is 28.5 Å². The Morgan fingerprint density at radius 3 is 2.55 bits per heavy atom. The molecule has 10 heteroatoms. The largest absolute Gasteiger partial charge is 0.471 e. The second kappa shape index (κ2) is 6.57. The van der Waals surface area contributed by atoms with Crippen molar-refractivity contribution in [2.75, 3.05) is 17.7 Å². The number of nitro groups is 1. The van der Waals surface area contributed by atoms with Crippen LogP contribution in [0.4, 0.5) is 24.5 Å². The van der Waals surface area contributed by atoms with Crippen molar-refractivity contribution in [2.24, 2.45) is 0 Å². The van der Waals surface area contributed by atoms with E-state index in [0.29, 0.717) is 0 Å². The van der Waals surface area contributed by atoms with Gasteiger partial charge < -0.3 is 10.4 Å². The lowest BCUT2D eigenvalue weighted by molar-refractivity contribution is -0.385. The van der Waals surface area contributed by atoms with Crippen LogP contribution in [0, 0.1) is 10.1 Å². The molecular formula is C10H9F3N2O4S. The molecule has 0 aliphatic carbocycles. The number of hydrogen-bond donors (Lipinski definition) is 2. The van der Waals surface area contributed by atoms with Gasteiger partial charge in [0.25, 0.3) is 5.69 Å². The summed E-state index contributed by atoms with van der Waals surface area (Å²) >= 11 is 1.01. The summed E-state index contributed by atoms with van der Waals surface area (Å²) in [4.78, 5) is 20.9. The van der Waals surface area contributed by atoms with E-state index < -0.39 is 22.7 Å². The van der Waals surface area contributed by atoms with E-state index in [-0.39, 0.29) is 22.9 Å². The average molecular weight is 310 g/mol. The number of carbonyl (C=O) groups excluding carboxylic acids is 1. The molecular weight excluding hydrogens is 301 g/mol. The number of aliphatic hydroxyl groups excluding tert-OH is 1. The normalized spacial score (nSPS) is 11.2. The minimum absolute atomic E-state index is 0.197. The number of halogens is 3. The minimum Gasteiger partial charge on any atom is -0.396 e. The molecule has 110 valence electrons. The molecule has 0 aliphatic heterocycles. The van der Waals surface area contributed by atoms with Crippen molar-refractivity contribution in [1.82, 2.24) is 0 Å². The van der Waals surface area contributed by atoms with E-state index in [9.17, 15) is 28.1 Å². The highest BCUT2D eigenvalue weighted by atomic mass is 32.2. The first-order valence-electron chi connectivity index (χ1n) is 5.15. The number of thioether (sulfide) groups is 1. The molecule has 1 aromatic rings. The van der Waals surface area contributed by atoms with Gasteiger partial charge in [-0.2, -0.15) is 13.2 Å². The van der Waals surface area contributed by atoms with Crippen LogP contribution in [0.1, 0.15) is 0 Å². The fraction of sp³-hybridized carbons (Fsp3) is 0.300. The fourth-order valence-electron chi connectivity index (χ4n) is 1.21. The maximum Gasteiger partial charge on any atom is 0.471 e. The van der Waals surface area contributed by atoms with Crippen LogP contribution in [-0.2, 0) is 4.79 Å². The Balaban J connectivity index is 3.02. The zero-order valence-corrected chi connectivity index (χ0v) is 10.6. The first-order chi connectivity index (χ1) is 9.24. The number of nitro benzene ring substituents is 1. The summed E-state index contributed by atoms with van der Waals surface area (Å²) in [5.41, 5.74) is -0.785. The molecule has 0 saturated heterocycles. The Hall–Kier alpha value is -1.81. The molecule has 1 aromatic carbocycles. The zero-order chi connectivity index (χ0) is 15.3. The Labute approximate surface area is 115 Å². The third-order valence-electron chi connectivity index (χ3n) is 1.98. The third kappa shape index (κ3) is 4.70. The number of non-ortho nitro benzene ring substituents is 1. The van der Waals surface area contributed by atoms with Crippen molar-refractivity contribution in [3.05, 3.63) is 28.3 Å². The van der Waals surface area contributed by atoms with E-state index in [1.807, 2.05) is 0 Å². The van der Waals surface area contributed by atoms with E-state index in [1.54, 1.807) is 5.32 Å². The Kier molecular flexibility index (Phi) is 5.34. The van der Waals surface area contributed by atoms with Gasteiger partial charge in [0.05, 0.1) is 11.5 Å². The predicted octanol–water partition coefficient (Wildman–Crippen LogP) is 2.18. The smallest absolute Gasteiger partial charge is 0.396 e. The van der Waals surface area contributed by atoms with Crippen molar-refractivity contribution in [1.29, 1.82) is 0 Å². The molecule has 0 atom stereocenters. The molecule has 0 unspecified atom stereocenters. The Bertz CT molecular complexity index is 522. The van der Waals surface area contributed by atoms with Crippen LogP contribution in [0.25, 0.3) is 0 Å². The van der Waals surface area contributed by atoms with Crippen LogP contribution in [-0.4, -0.2) is 34.5 Å². The summed E-state index contributed by atoms with van der Waals surface area (Å²) in [5.74, 6) is -2.00. The lowest BCUT2D eigenvalue weighted by Crippen LogP contribution is -2.29. The second-order valence-corrected chi connectivity index (χ2v) is 4.66. The van der Waals surface area contributed by atoms with Gasteiger partial charge >= 0.3 is 12.1 Å². The van der Waals surface area contributed by atoms with Crippen molar-refractivity contribution in [3.8, 4) is 0 Å². The second-order valence-electron chi connectivity index (χ2n) is 3.50. The molecule has 0 saturated carbocycles. The van der Waals surface area contributed by atoms with Crippen LogP contribution < -0.4 is 5.32 Å². The average Bonchev–Trinajstić information content (AvgIpc) is 2.34. The van der Waals surface area contributed by atoms with E-state index in [0.717, 1.165) is 30.0 Å². The molecule has 0 radical (unpaired) electrons. The van der Waals surface area contributed by atoms with Gasteiger partial charge in [-0.05, 0) is 6.07 Å². The first kappa shape index (κ1) is 16.2. The summed E-state index contributed by atoms with van der Waals surface area (Å²) in [5, 5.41) is 20.9. The van der Waals surface area contributed by atoms with E-state index in [4.69, 9.17) is 5.11 Å². The molecule has 0 aliphatic rings. The highest BCUT2D eigenvalue weighted by Crippen LogP contribution is 2.28. The topological polar surface area (TPSA) is 92.5 Å². The predicted molar refractivity (Wildman–Crippen MR) is 65.6 cm³/mol. The van der Waals surface area contributed by atoms with Gasteiger partial charge in [-0.15, -0.1) is 11.8 Å². The van der Waals surface area contributed by atoms with Gasteiger partial charge in [0.15, 0.2) is 0 Å². The molecule has 1 amide bonds. The summed E-state index contributed by atoms with van der Waals surface area (Å²) in [6, 6.07) is 3.13. The molecule has 2 N–H and O–H groups in total. The van der Waals surface area contributed by atoms with Gasteiger partial charge in [-0.3, -0.25) is 14.9 Å². The number of amides is 1. The molecule has 0 heterocycles. The lowest BCUT2D eigenvalue weighted by atomic mass is 10.3. The van der Waals surface area contributed by atoms with Gasteiger partial charge in [-0.1, -0.05) is 0 Å². The molecule has 0 aromatic heterocycles. The van der Waals surface area contributed by atoms with E-state index >= 15 is 0 Å². The zero-order valence-electron chi connectivity index (χ0n) is 9.81. The quantitative estimate of drug-likeness (QED) is 0.494. The summed E-state index contributed by atoms with van der Waals surface area (Å²) < 4.78 is 36.3. The molecule has 1 rings (SSSR count). The highest BCUT2D eigenvalue weighted by molar-refractivity contribution is 7.99. The van der Waals surface area contributed by atoms with Gasteiger partial charge in [0.1, 0.15) is 0 Å². The van der Waals surface area contributed by atoms with Crippen LogP contribution >= 0.6 is 11.8 Å². The van der Waals surface area contributed by atoms with Crippen LogP contribution in [0.2, 0.25) is 0 Å². The molecule has 0 fully saturated rings. The third-order valence-corrected chi connectivity index (χ3v) is 2.93. The number of anilines is 1. The number of rotatable bonds is 5. The molecule has 20 heavy (non-hydrogen) atoms. The number of nitrogens with zero attached hydrogens (tertiary/aromatic N) is 1. The van der Waals surface area contributed by atoms with Crippen LogP contribution in [0.15, 0.2) is 23.1 Å². The Morgan fingerprint density at radius 2 is 2.05 bits per heavy atom. The summed E-state index contributed by atoms with van der Waals surface area (Å²) in [6.45, 7) is -0.197. The Morgan fingerprint density at radius 1 is 1.40 bits per heavy atom. The van der Waals surface area contributed by atoms with Crippen LogP contribution in [0.5, 0.6) is 0 Å². The van der Waals surface area contributed by atoms with Gasteiger partial charge in [-0.25, -0.2) is 0 Å². The monoisotopic (exact) mass is 310 g/mol. The first-order valence-corrected chi connectivity index (χ1v) is 6.14. The number of nitrogens with one attached hydrogen (secondary N) is 1. The number of aliphatic hydroxyl groups is 1. The van der Waals surface area contributed by atoms with Crippen LogP contribution in [0.3, 0.4) is 0 Å². The number of benzene rings is 1. The maximum atomic E-state index is 12.1. The van der Waals surface area contributed by atoms with Crippen molar-refractivity contribution >= 4 is 29.0 Å². The minimum atomic E-state index is -5.08. The molecule has 0 spiro atoms. The summed E-state index contributed by atoms with van der Waals surface area (Å²) in [6.07, 6.45) is -5.08. The highest BCUT2D eigenvalue weighted by Gasteiger charge is 2.38. The summed E-state index contributed by atoms with van der Waals surface area (Å²) in [7, 11) is 0. The maximum absolute atomic E-state index is 12.1. The van der Waals surface area contributed by atoms with E-state index in [1.165, 1.54) is 0 Å². The lowest BCUT2D eigenvalue weighted by Gasteiger charge is -2.09. The molecule has 6 nitrogen and oxygen atoms in total. The number of alkyl halides is 3. The van der Waals surface area contributed by atoms with Crippen molar-refractivity contribution in [3.63, 3.8) is 0 Å². The molecule has 0 bridgehead atoms. The van der Waals surface area contributed by atoms with Crippen molar-refractivity contribution in [2.45, 2.75) is 11.1 Å². The number of carbonyl (C=O) groups is 1. The standard InChI is InChI=1S/C10H9F3N2O4S/c11-10(12,13)9(17)14-6-3-7(15(18)19)5-8(4-6)20-2-1-16/h3-5,16H,1-2H2,(H,14,17). The van der Waals surface area contributed by atoms with Gasteiger partial charge in [0.2, 0.25) is 0 Å². The number of hydrogen-bond acceptors (Lipinski definition) is 5. The fourth-order valence-corrected chi connectivity index (χ4v) is 1.95. The van der Waals surface area contributed by atoms with Crippen molar-refractivity contribution < 1.29 is 28.0 Å². The van der Waals surface area contributed by atoms with E-state index in [2.05, 4.69) is 0 Å². The SMILES string of the molecule is O=C(Nc1cc(SCCO)cc([N+](=O)[O-])c1)C(F)(F)F.